The van der Waals surface area contributed by atoms with E-state index in [2.05, 4.69) is 15.5 Å². The van der Waals surface area contributed by atoms with Crippen molar-refractivity contribution in [2.75, 3.05) is 18.5 Å². The topological polar surface area (TPSA) is 107 Å². The number of rotatable bonds is 7. The van der Waals surface area contributed by atoms with Crippen LogP contribution in [0, 0.1) is 6.92 Å². The second-order valence-corrected chi connectivity index (χ2v) is 9.70. The van der Waals surface area contributed by atoms with Crippen molar-refractivity contribution in [1.29, 1.82) is 0 Å². The maximum atomic E-state index is 12.9. The van der Waals surface area contributed by atoms with Gasteiger partial charge in [-0.15, -0.1) is 0 Å². The Bertz CT molecular complexity index is 1040. The van der Waals surface area contributed by atoms with E-state index in [4.69, 9.17) is 9.57 Å². The van der Waals surface area contributed by atoms with Gasteiger partial charge in [-0.25, -0.2) is 13.4 Å². The Balaban J connectivity index is 1.58. The Hall–Kier alpha value is -2.78. The van der Waals surface area contributed by atoms with Crippen molar-refractivity contribution in [3.8, 4) is 0 Å². The molecule has 1 N–H and O–H groups in total. The second-order valence-electron chi connectivity index (χ2n) is 7.47. The summed E-state index contributed by atoms with van der Waals surface area (Å²) in [6.07, 6.45) is 3.51. The van der Waals surface area contributed by atoms with Gasteiger partial charge in [-0.2, -0.15) is 0 Å². The minimum absolute atomic E-state index is 0.0413. The highest BCUT2D eigenvalue weighted by Gasteiger charge is 2.36. The van der Waals surface area contributed by atoms with Gasteiger partial charge in [-0.1, -0.05) is 23.4 Å². The van der Waals surface area contributed by atoms with Crippen LogP contribution in [0.5, 0.6) is 0 Å². The third-order valence-corrected chi connectivity index (χ3v) is 7.25. The van der Waals surface area contributed by atoms with E-state index >= 15 is 0 Å². The number of aromatic nitrogens is 1. The predicted octanol–water partition coefficient (Wildman–Crippen LogP) is 2.47. The van der Waals surface area contributed by atoms with E-state index in [1.807, 2.05) is 13.0 Å². The molecular weight excluding hydrogens is 406 g/mol. The van der Waals surface area contributed by atoms with Crippen LogP contribution in [0.2, 0.25) is 0 Å². The lowest BCUT2D eigenvalue weighted by Gasteiger charge is -2.11. The first kappa shape index (κ1) is 20.5. The average molecular weight is 429 g/mol. The van der Waals surface area contributed by atoms with Crippen molar-refractivity contribution in [3.05, 3.63) is 53.7 Å². The van der Waals surface area contributed by atoms with Crippen molar-refractivity contribution in [2.45, 2.75) is 42.4 Å². The summed E-state index contributed by atoms with van der Waals surface area (Å²) in [5.74, 6) is -0.113. The summed E-state index contributed by atoms with van der Waals surface area (Å²) >= 11 is 0. The van der Waals surface area contributed by atoms with Gasteiger partial charge in [-0.3, -0.25) is 4.79 Å². The molecule has 0 radical (unpaired) electrons. The number of oxime groups is 1. The van der Waals surface area contributed by atoms with Gasteiger partial charge < -0.3 is 14.9 Å². The van der Waals surface area contributed by atoms with Gasteiger partial charge in [0.1, 0.15) is 5.82 Å². The van der Waals surface area contributed by atoms with Gasteiger partial charge >= 0.3 is 0 Å². The standard InChI is InChI=1S/C21H23N3O5S/c1-14-2-9-19(22-12-14)23-21(25)20(24-29-16-10-11-28-13-16)15-3-5-17(6-4-15)30(26,27)18-7-8-18/h2-6,9,12,16,18H,7-8,10-11,13H2,1H3,(H,22,23,25)/t16-/m1/s1. The van der Waals surface area contributed by atoms with Gasteiger partial charge in [-0.05, 0) is 43.5 Å². The summed E-state index contributed by atoms with van der Waals surface area (Å²) in [5, 5.41) is 6.49. The van der Waals surface area contributed by atoms with Gasteiger partial charge in [0.05, 0.1) is 23.4 Å². The van der Waals surface area contributed by atoms with Crippen molar-refractivity contribution < 1.29 is 22.8 Å². The minimum atomic E-state index is -3.30. The molecule has 9 heteroatoms. The van der Waals surface area contributed by atoms with Crippen LogP contribution in [0.1, 0.15) is 30.4 Å². The molecule has 1 aliphatic heterocycles. The van der Waals surface area contributed by atoms with Gasteiger partial charge in [0, 0.05) is 18.2 Å². The number of amides is 1. The number of hydrogen-bond acceptors (Lipinski definition) is 7. The molecule has 8 nitrogen and oxygen atoms in total. The van der Waals surface area contributed by atoms with Crippen LogP contribution in [-0.2, 0) is 24.2 Å². The fourth-order valence-electron chi connectivity index (χ4n) is 3.04. The summed E-state index contributed by atoms with van der Waals surface area (Å²) < 4.78 is 30.1. The van der Waals surface area contributed by atoms with Crippen LogP contribution >= 0.6 is 0 Å². The zero-order valence-electron chi connectivity index (χ0n) is 16.6. The molecule has 1 saturated heterocycles. The van der Waals surface area contributed by atoms with Crippen LogP contribution in [-0.4, -0.2) is 49.6 Å². The van der Waals surface area contributed by atoms with Crippen LogP contribution in [0.4, 0.5) is 5.82 Å². The Morgan fingerprint density at radius 2 is 1.93 bits per heavy atom. The highest BCUT2D eigenvalue weighted by Crippen LogP contribution is 2.33. The molecule has 2 aromatic rings. The van der Waals surface area contributed by atoms with Gasteiger partial charge in [0.2, 0.25) is 0 Å². The molecule has 0 unspecified atom stereocenters. The monoisotopic (exact) mass is 429 g/mol. The van der Waals surface area contributed by atoms with Gasteiger partial charge in [0.25, 0.3) is 5.91 Å². The van der Waals surface area contributed by atoms with E-state index in [1.165, 1.54) is 12.1 Å². The fourth-order valence-corrected chi connectivity index (χ4v) is 4.70. The van der Waals surface area contributed by atoms with Crippen molar-refractivity contribution in [3.63, 3.8) is 0 Å². The van der Waals surface area contributed by atoms with Crippen LogP contribution < -0.4 is 5.32 Å². The molecule has 4 rings (SSSR count). The van der Waals surface area contributed by atoms with E-state index in [9.17, 15) is 13.2 Å². The molecule has 2 heterocycles. The number of benzene rings is 1. The van der Waals surface area contributed by atoms with Gasteiger partial charge in [0.15, 0.2) is 21.7 Å². The number of nitrogens with one attached hydrogen (secondary N) is 1. The molecule has 2 fully saturated rings. The van der Waals surface area contributed by atoms with E-state index in [0.29, 0.717) is 43.9 Å². The number of anilines is 1. The first-order valence-electron chi connectivity index (χ1n) is 9.83. The second kappa shape index (κ2) is 8.53. The zero-order valence-corrected chi connectivity index (χ0v) is 17.4. The van der Waals surface area contributed by atoms with Crippen molar-refractivity contribution in [2.24, 2.45) is 5.16 Å². The molecule has 1 aliphatic carbocycles. The number of aryl methyl sites for hydroxylation is 1. The molecule has 1 aromatic heterocycles. The average Bonchev–Trinajstić information content (AvgIpc) is 3.48. The van der Waals surface area contributed by atoms with Crippen LogP contribution in [0.15, 0.2) is 52.6 Å². The Labute approximate surface area is 175 Å². The maximum absolute atomic E-state index is 12.9. The number of carbonyl (C=O) groups excluding carboxylic acids is 1. The lowest BCUT2D eigenvalue weighted by molar-refractivity contribution is -0.110. The molecule has 1 aromatic carbocycles. The lowest BCUT2D eigenvalue weighted by atomic mass is 10.1. The molecule has 158 valence electrons. The van der Waals surface area contributed by atoms with E-state index in [0.717, 1.165) is 5.56 Å². The summed E-state index contributed by atoms with van der Waals surface area (Å²) in [6, 6.07) is 9.70. The number of pyridine rings is 1. The van der Waals surface area contributed by atoms with E-state index in [-0.39, 0.29) is 22.0 Å². The summed E-state index contributed by atoms with van der Waals surface area (Å²) in [4.78, 5) is 22.8. The Kier molecular flexibility index (Phi) is 5.83. The SMILES string of the molecule is Cc1ccc(NC(=O)C(=NO[C@@H]2CCOC2)c2ccc(S(=O)(=O)C3CC3)cc2)nc1. The molecule has 0 bridgehead atoms. The molecule has 30 heavy (non-hydrogen) atoms. The van der Waals surface area contributed by atoms with Crippen molar-refractivity contribution >= 4 is 27.3 Å². The molecule has 0 spiro atoms. The highest BCUT2D eigenvalue weighted by atomic mass is 32.2. The van der Waals surface area contributed by atoms with E-state index in [1.54, 1.807) is 24.4 Å². The predicted molar refractivity (Wildman–Crippen MR) is 111 cm³/mol. The molecule has 1 atom stereocenters. The lowest BCUT2D eigenvalue weighted by Crippen LogP contribution is -2.25. The van der Waals surface area contributed by atoms with Crippen LogP contribution in [0.3, 0.4) is 0 Å². The number of ether oxygens (including phenoxy) is 1. The highest BCUT2D eigenvalue weighted by molar-refractivity contribution is 7.92. The molecule has 1 amide bonds. The smallest absolute Gasteiger partial charge is 0.279 e. The normalized spacial score (nSPS) is 19.5. The molecule has 2 aliphatic rings. The first-order valence-corrected chi connectivity index (χ1v) is 11.4. The zero-order chi connectivity index (χ0) is 21.1. The number of hydrogen-bond donors (Lipinski definition) is 1. The Morgan fingerprint density at radius 1 is 1.17 bits per heavy atom. The summed E-state index contributed by atoms with van der Waals surface area (Å²) in [6.45, 7) is 2.90. The Morgan fingerprint density at radius 3 is 2.53 bits per heavy atom. The largest absolute Gasteiger partial charge is 0.389 e. The third kappa shape index (κ3) is 4.68. The molecule has 1 saturated carbocycles. The number of nitrogens with zero attached hydrogens (tertiary/aromatic N) is 2. The minimum Gasteiger partial charge on any atom is -0.389 e. The number of carbonyl (C=O) groups is 1. The number of sulfone groups is 1. The summed E-state index contributed by atoms with van der Waals surface area (Å²) in [5.41, 5.74) is 1.46. The molecular formula is C21H23N3O5S. The first-order chi connectivity index (χ1) is 14.4. The maximum Gasteiger partial charge on any atom is 0.279 e. The fraction of sp³-hybridized carbons (Fsp3) is 0.381. The van der Waals surface area contributed by atoms with Crippen LogP contribution in [0.25, 0.3) is 0 Å². The third-order valence-electron chi connectivity index (χ3n) is 4.97. The summed E-state index contributed by atoms with van der Waals surface area (Å²) in [7, 11) is -3.30. The van der Waals surface area contributed by atoms with E-state index < -0.39 is 15.7 Å². The van der Waals surface area contributed by atoms with Crippen molar-refractivity contribution in [1.82, 2.24) is 4.98 Å². The quantitative estimate of drug-likeness (QED) is 0.535.